The predicted octanol–water partition coefficient (Wildman–Crippen LogP) is 2.77. The number of rotatable bonds is 2. The van der Waals surface area contributed by atoms with Crippen molar-refractivity contribution in [1.29, 1.82) is 0 Å². The molecule has 1 aliphatic rings. The molecule has 1 heterocycles. The van der Waals surface area contributed by atoms with Gasteiger partial charge in [-0.15, -0.1) is 0 Å². The first-order valence-corrected chi connectivity index (χ1v) is 8.59. The van der Waals surface area contributed by atoms with Crippen LogP contribution >= 0.6 is 23.2 Å². The molecule has 25 heavy (non-hydrogen) atoms. The van der Waals surface area contributed by atoms with Crippen LogP contribution in [0, 0.1) is 11.8 Å². The fraction of sp³-hybridized carbons (Fsp3) is 0.333. The molecule has 1 aliphatic heterocycles. The Bertz CT molecular complexity index is 732. The van der Waals surface area contributed by atoms with Crippen LogP contribution in [0.4, 0.5) is 4.79 Å². The van der Waals surface area contributed by atoms with Gasteiger partial charge in [-0.25, -0.2) is 4.79 Å². The SMILES string of the molecule is C=CC(=O)N1CCN(C(=O)NC(C)C#Cc2ccc(Cl)cc2Cl)CC1. The first kappa shape index (κ1) is 19.2. The highest BCUT2D eigenvalue weighted by atomic mass is 35.5. The molecule has 1 aromatic carbocycles. The number of hydrogen-bond acceptors (Lipinski definition) is 2. The average molecular weight is 380 g/mol. The van der Waals surface area contributed by atoms with Gasteiger partial charge in [-0.05, 0) is 31.2 Å². The lowest BCUT2D eigenvalue weighted by atomic mass is 10.2. The van der Waals surface area contributed by atoms with Crippen molar-refractivity contribution >= 4 is 35.1 Å². The smallest absolute Gasteiger partial charge is 0.318 e. The highest BCUT2D eigenvalue weighted by molar-refractivity contribution is 6.35. The van der Waals surface area contributed by atoms with E-state index in [1.807, 2.05) is 0 Å². The van der Waals surface area contributed by atoms with E-state index in [1.165, 1.54) is 6.08 Å². The standard InChI is InChI=1S/C18H19Cl2N3O2/c1-3-17(24)22-8-10-23(11-9-22)18(25)21-13(2)4-5-14-6-7-15(19)12-16(14)20/h3,6-7,12-13H,1,8-11H2,2H3,(H,21,25). The van der Waals surface area contributed by atoms with Gasteiger partial charge in [0, 0.05) is 36.8 Å². The molecule has 1 atom stereocenters. The maximum Gasteiger partial charge on any atom is 0.318 e. The zero-order valence-corrected chi connectivity index (χ0v) is 15.4. The van der Waals surface area contributed by atoms with Crippen LogP contribution in [0.2, 0.25) is 10.0 Å². The van der Waals surface area contributed by atoms with Gasteiger partial charge in [0.05, 0.1) is 11.1 Å². The molecule has 0 aromatic heterocycles. The van der Waals surface area contributed by atoms with Crippen LogP contribution in [0.25, 0.3) is 0 Å². The van der Waals surface area contributed by atoms with Gasteiger partial charge in [0.15, 0.2) is 0 Å². The Labute approximate surface area is 157 Å². The monoisotopic (exact) mass is 379 g/mol. The van der Waals surface area contributed by atoms with Crippen molar-refractivity contribution in [2.45, 2.75) is 13.0 Å². The summed E-state index contributed by atoms with van der Waals surface area (Å²) in [7, 11) is 0. The third-order valence-electron chi connectivity index (χ3n) is 3.75. The summed E-state index contributed by atoms with van der Waals surface area (Å²) in [5.41, 5.74) is 0.656. The minimum atomic E-state index is -0.341. The largest absolute Gasteiger partial charge is 0.336 e. The van der Waals surface area contributed by atoms with E-state index in [1.54, 1.807) is 34.9 Å². The zero-order chi connectivity index (χ0) is 18.4. The summed E-state index contributed by atoms with van der Waals surface area (Å²) in [6, 6.07) is 4.54. The number of amides is 3. The molecule has 0 saturated carbocycles. The second-order valence-corrected chi connectivity index (χ2v) is 6.42. The Morgan fingerprint density at radius 2 is 1.88 bits per heavy atom. The van der Waals surface area contributed by atoms with Crippen molar-refractivity contribution in [2.24, 2.45) is 0 Å². The molecule has 1 unspecified atom stereocenters. The van der Waals surface area contributed by atoms with Gasteiger partial charge >= 0.3 is 6.03 Å². The fourth-order valence-electron chi connectivity index (χ4n) is 2.35. The number of carbonyl (C=O) groups is 2. The van der Waals surface area contributed by atoms with Gasteiger partial charge in [-0.2, -0.15) is 0 Å². The van der Waals surface area contributed by atoms with Gasteiger partial charge in [-0.1, -0.05) is 41.6 Å². The van der Waals surface area contributed by atoms with E-state index < -0.39 is 0 Å². The van der Waals surface area contributed by atoms with E-state index in [2.05, 4.69) is 23.7 Å². The van der Waals surface area contributed by atoms with Crippen LogP contribution < -0.4 is 5.32 Å². The van der Waals surface area contributed by atoms with E-state index in [9.17, 15) is 9.59 Å². The second kappa shape index (κ2) is 8.80. The molecule has 0 bridgehead atoms. The van der Waals surface area contributed by atoms with Crippen molar-refractivity contribution in [3.8, 4) is 11.8 Å². The van der Waals surface area contributed by atoms with Crippen molar-refractivity contribution < 1.29 is 9.59 Å². The number of nitrogens with zero attached hydrogens (tertiary/aromatic N) is 2. The second-order valence-electron chi connectivity index (χ2n) is 5.58. The van der Waals surface area contributed by atoms with Crippen LogP contribution in [-0.2, 0) is 4.79 Å². The summed E-state index contributed by atoms with van der Waals surface area (Å²) in [6.07, 6.45) is 1.29. The summed E-state index contributed by atoms with van der Waals surface area (Å²) in [5.74, 6) is 5.78. The maximum atomic E-state index is 12.3. The highest BCUT2D eigenvalue weighted by Gasteiger charge is 2.23. The molecule has 0 aliphatic carbocycles. The average Bonchev–Trinajstić information content (AvgIpc) is 2.60. The molecule has 132 valence electrons. The summed E-state index contributed by atoms with van der Waals surface area (Å²) in [4.78, 5) is 27.1. The first-order valence-electron chi connectivity index (χ1n) is 7.84. The third kappa shape index (κ3) is 5.42. The van der Waals surface area contributed by atoms with Crippen LogP contribution in [0.5, 0.6) is 0 Å². The highest BCUT2D eigenvalue weighted by Crippen LogP contribution is 2.19. The van der Waals surface area contributed by atoms with Gasteiger partial charge in [0.1, 0.15) is 0 Å². The summed E-state index contributed by atoms with van der Waals surface area (Å²) >= 11 is 11.9. The molecule has 1 aromatic rings. The molecule has 7 heteroatoms. The van der Waals surface area contributed by atoms with E-state index in [4.69, 9.17) is 23.2 Å². The Kier molecular flexibility index (Phi) is 6.74. The topological polar surface area (TPSA) is 52.7 Å². The first-order chi connectivity index (χ1) is 11.9. The van der Waals surface area contributed by atoms with Crippen LogP contribution in [0.15, 0.2) is 30.9 Å². The lowest BCUT2D eigenvalue weighted by molar-refractivity contribution is -0.127. The van der Waals surface area contributed by atoms with Crippen LogP contribution in [0.1, 0.15) is 12.5 Å². The zero-order valence-electron chi connectivity index (χ0n) is 13.9. The van der Waals surface area contributed by atoms with Gasteiger partial charge in [0.2, 0.25) is 5.91 Å². The minimum Gasteiger partial charge on any atom is -0.336 e. The molecular weight excluding hydrogens is 361 g/mol. The Morgan fingerprint density at radius 1 is 1.24 bits per heavy atom. The minimum absolute atomic E-state index is 0.112. The quantitative estimate of drug-likeness (QED) is 0.634. The third-order valence-corrected chi connectivity index (χ3v) is 4.30. The summed E-state index contributed by atoms with van der Waals surface area (Å²) in [5, 5.41) is 3.85. The van der Waals surface area contributed by atoms with Gasteiger partial charge in [0.25, 0.3) is 0 Å². The molecule has 1 fully saturated rings. The number of benzene rings is 1. The lowest BCUT2D eigenvalue weighted by Gasteiger charge is -2.34. The Balaban J connectivity index is 1.88. The number of hydrogen-bond donors (Lipinski definition) is 1. The lowest BCUT2D eigenvalue weighted by Crippen LogP contribution is -2.53. The molecule has 2 rings (SSSR count). The van der Waals surface area contributed by atoms with Crippen molar-refractivity contribution in [3.05, 3.63) is 46.5 Å². The number of halogens is 2. The fourth-order valence-corrected chi connectivity index (χ4v) is 2.80. The predicted molar refractivity (Wildman–Crippen MR) is 99.7 cm³/mol. The normalized spacial score (nSPS) is 15.0. The molecule has 0 radical (unpaired) electrons. The number of nitrogens with one attached hydrogen (secondary N) is 1. The Morgan fingerprint density at radius 3 is 2.48 bits per heavy atom. The van der Waals surface area contributed by atoms with Crippen molar-refractivity contribution in [1.82, 2.24) is 15.1 Å². The summed E-state index contributed by atoms with van der Waals surface area (Å²) in [6.45, 7) is 7.23. The van der Waals surface area contributed by atoms with E-state index in [-0.39, 0.29) is 18.0 Å². The van der Waals surface area contributed by atoms with E-state index in [0.717, 1.165) is 0 Å². The molecular formula is C18H19Cl2N3O2. The molecule has 3 amide bonds. The Hall–Kier alpha value is -2.16. The van der Waals surface area contributed by atoms with Crippen LogP contribution in [-0.4, -0.2) is 54.0 Å². The van der Waals surface area contributed by atoms with Gasteiger partial charge < -0.3 is 15.1 Å². The molecule has 1 N–H and O–H groups in total. The molecule has 1 saturated heterocycles. The maximum absolute atomic E-state index is 12.3. The van der Waals surface area contributed by atoms with E-state index >= 15 is 0 Å². The summed E-state index contributed by atoms with van der Waals surface area (Å²) < 4.78 is 0. The van der Waals surface area contributed by atoms with Gasteiger partial charge in [-0.3, -0.25) is 4.79 Å². The van der Waals surface area contributed by atoms with Crippen molar-refractivity contribution in [2.75, 3.05) is 26.2 Å². The number of carbonyl (C=O) groups excluding carboxylic acids is 2. The molecule has 0 spiro atoms. The van der Waals surface area contributed by atoms with Crippen molar-refractivity contribution in [3.63, 3.8) is 0 Å². The van der Waals surface area contributed by atoms with Crippen LogP contribution in [0.3, 0.4) is 0 Å². The number of urea groups is 1. The molecule has 5 nitrogen and oxygen atoms in total. The van der Waals surface area contributed by atoms with E-state index in [0.29, 0.717) is 41.8 Å². The number of piperazine rings is 1.